The minimum Gasteiger partial charge on any atom is -0.508 e. The predicted octanol–water partition coefficient (Wildman–Crippen LogP) is 0.773. The summed E-state index contributed by atoms with van der Waals surface area (Å²) in [4.78, 5) is 14.0. The van der Waals surface area contributed by atoms with Crippen molar-refractivity contribution in [1.29, 1.82) is 0 Å². The fourth-order valence-electron chi connectivity index (χ4n) is 2.24. The Morgan fingerprint density at radius 3 is 2.80 bits per heavy atom. The molecule has 2 rings (SSSR count). The minimum atomic E-state index is 0.0292. The number of phenolic OH excluding ortho intramolecular Hbond substituents is 1. The van der Waals surface area contributed by atoms with Crippen LogP contribution in [0.25, 0.3) is 0 Å². The van der Waals surface area contributed by atoms with E-state index in [9.17, 15) is 9.90 Å². The SMILES string of the molecule is O=C(CCc1ccccc1O)NCCN1CCOCC1. The first kappa shape index (κ1) is 14.8. The molecule has 1 aromatic rings. The molecule has 20 heavy (non-hydrogen) atoms. The lowest BCUT2D eigenvalue weighted by molar-refractivity contribution is -0.121. The Labute approximate surface area is 119 Å². The summed E-state index contributed by atoms with van der Waals surface area (Å²) in [5.74, 6) is 0.287. The fourth-order valence-corrected chi connectivity index (χ4v) is 2.24. The van der Waals surface area contributed by atoms with Crippen molar-refractivity contribution in [1.82, 2.24) is 10.2 Å². The lowest BCUT2D eigenvalue weighted by atomic mass is 10.1. The van der Waals surface area contributed by atoms with Crippen LogP contribution in [0.3, 0.4) is 0 Å². The summed E-state index contributed by atoms with van der Waals surface area (Å²) in [6.45, 7) is 4.97. The second kappa shape index (κ2) is 7.87. The largest absolute Gasteiger partial charge is 0.508 e. The molecule has 0 saturated carbocycles. The van der Waals surface area contributed by atoms with Crippen LogP contribution in [0, 0.1) is 0 Å². The van der Waals surface area contributed by atoms with Crippen LogP contribution in [-0.2, 0) is 16.0 Å². The molecule has 5 heteroatoms. The monoisotopic (exact) mass is 278 g/mol. The maximum absolute atomic E-state index is 11.7. The van der Waals surface area contributed by atoms with Gasteiger partial charge < -0.3 is 15.2 Å². The van der Waals surface area contributed by atoms with E-state index in [4.69, 9.17) is 4.74 Å². The Balaban J connectivity index is 1.62. The van der Waals surface area contributed by atoms with Gasteiger partial charge in [0.25, 0.3) is 0 Å². The molecule has 2 N–H and O–H groups in total. The van der Waals surface area contributed by atoms with Crippen molar-refractivity contribution in [2.45, 2.75) is 12.8 Å². The van der Waals surface area contributed by atoms with Crippen molar-refractivity contribution in [3.8, 4) is 5.75 Å². The van der Waals surface area contributed by atoms with Crippen molar-refractivity contribution in [3.05, 3.63) is 29.8 Å². The van der Waals surface area contributed by atoms with Crippen LogP contribution in [0.5, 0.6) is 5.75 Å². The third-order valence-electron chi connectivity index (χ3n) is 3.47. The number of hydrogen-bond acceptors (Lipinski definition) is 4. The molecule has 110 valence electrons. The van der Waals surface area contributed by atoms with Crippen LogP contribution < -0.4 is 5.32 Å². The van der Waals surface area contributed by atoms with E-state index in [0.717, 1.165) is 38.4 Å². The third-order valence-corrected chi connectivity index (χ3v) is 3.47. The third kappa shape index (κ3) is 4.83. The van der Waals surface area contributed by atoms with Gasteiger partial charge in [0, 0.05) is 32.6 Å². The van der Waals surface area contributed by atoms with Crippen LogP contribution in [0.1, 0.15) is 12.0 Å². The Kier molecular flexibility index (Phi) is 5.83. The number of nitrogens with one attached hydrogen (secondary N) is 1. The molecule has 0 bridgehead atoms. The molecule has 0 atom stereocenters. The fraction of sp³-hybridized carbons (Fsp3) is 0.533. The number of aromatic hydroxyl groups is 1. The standard InChI is InChI=1S/C15H22N2O3/c18-14-4-2-1-3-13(14)5-6-15(19)16-7-8-17-9-11-20-12-10-17/h1-4,18H,5-12H2,(H,16,19). The Morgan fingerprint density at radius 1 is 1.30 bits per heavy atom. The smallest absolute Gasteiger partial charge is 0.220 e. The first-order chi connectivity index (χ1) is 9.75. The Bertz CT molecular complexity index is 431. The minimum absolute atomic E-state index is 0.0292. The molecule has 1 aliphatic heterocycles. The quantitative estimate of drug-likeness (QED) is 0.807. The molecular formula is C15H22N2O3. The van der Waals surface area contributed by atoms with Crippen molar-refractivity contribution in [2.24, 2.45) is 0 Å². The number of ether oxygens (including phenoxy) is 1. The summed E-state index contributed by atoms with van der Waals surface area (Å²) in [5.41, 5.74) is 0.816. The summed E-state index contributed by atoms with van der Waals surface area (Å²) in [6, 6.07) is 7.13. The van der Waals surface area contributed by atoms with Gasteiger partial charge in [0.05, 0.1) is 13.2 Å². The molecule has 0 unspecified atom stereocenters. The maximum Gasteiger partial charge on any atom is 0.220 e. The number of morpholine rings is 1. The van der Waals surface area contributed by atoms with Crippen LogP contribution in [0.15, 0.2) is 24.3 Å². The normalized spacial score (nSPS) is 16.0. The number of amides is 1. The number of phenols is 1. The van der Waals surface area contributed by atoms with Gasteiger partial charge >= 0.3 is 0 Å². The molecule has 1 amide bonds. The number of hydrogen-bond donors (Lipinski definition) is 2. The predicted molar refractivity (Wildman–Crippen MR) is 76.7 cm³/mol. The van der Waals surface area contributed by atoms with E-state index in [-0.39, 0.29) is 11.7 Å². The van der Waals surface area contributed by atoms with Crippen LogP contribution in [-0.4, -0.2) is 55.3 Å². The number of carbonyl (C=O) groups excluding carboxylic acids is 1. The summed E-state index contributed by atoms with van der Waals surface area (Å²) in [6.07, 6.45) is 0.969. The van der Waals surface area contributed by atoms with E-state index < -0.39 is 0 Å². The molecule has 0 aromatic heterocycles. The highest BCUT2D eigenvalue weighted by atomic mass is 16.5. The second-order valence-corrected chi connectivity index (χ2v) is 4.93. The summed E-state index contributed by atoms with van der Waals surface area (Å²) >= 11 is 0. The lowest BCUT2D eigenvalue weighted by Crippen LogP contribution is -2.41. The zero-order valence-electron chi connectivity index (χ0n) is 11.7. The first-order valence-electron chi connectivity index (χ1n) is 7.09. The van der Waals surface area contributed by atoms with E-state index in [1.54, 1.807) is 12.1 Å². The van der Waals surface area contributed by atoms with E-state index in [2.05, 4.69) is 10.2 Å². The lowest BCUT2D eigenvalue weighted by Gasteiger charge is -2.26. The van der Waals surface area contributed by atoms with Gasteiger partial charge in [0.15, 0.2) is 0 Å². The van der Waals surface area contributed by atoms with E-state index in [0.29, 0.717) is 19.4 Å². The molecule has 1 saturated heterocycles. The number of aryl methyl sites for hydroxylation is 1. The summed E-state index contributed by atoms with van der Waals surface area (Å²) < 4.78 is 5.27. The van der Waals surface area contributed by atoms with E-state index >= 15 is 0 Å². The second-order valence-electron chi connectivity index (χ2n) is 4.93. The average molecular weight is 278 g/mol. The highest BCUT2D eigenvalue weighted by molar-refractivity contribution is 5.76. The molecule has 1 aliphatic rings. The van der Waals surface area contributed by atoms with Gasteiger partial charge in [-0.25, -0.2) is 0 Å². The Hall–Kier alpha value is -1.59. The molecule has 0 spiro atoms. The zero-order valence-corrected chi connectivity index (χ0v) is 11.7. The van der Waals surface area contributed by atoms with Gasteiger partial charge in [-0.3, -0.25) is 9.69 Å². The highest BCUT2D eigenvalue weighted by Gasteiger charge is 2.10. The van der Waals surface area contributed by atoms with Crippen LogP contribution in [0.2, 0.25) is 0 Å². The first-order valence-corrected chi connectivity index (χ1v) is 7.09. The van der Waals surface area contributed by atoms with E-state index in [1.165, 1.54) is 0 Å². The van der Waals surface area contributed by atoms with Gasteiger partial charge in [0.2, 0.25) is 5.91 Å². The van der Waals surface area contributed by atoms with Crippen molar-refractivity contribution in [2.75, 3.05) is 39.4 Å². The summed E-state index contributed by atoms with van der Waals surface area (Å²) in [5, 5.41) is 12.5. The van der Waals surface area contributed by atoms with Crippen molar-refractivity contribution in [3.63, 3.8) is 0 Å². The molecule has 1 aromatic carbocycles. The molecule has 0 radical (unpaired) electrons. The number of nitrogens with zero attached hydrogens (tertiary/aromatic N) is 1. The van der Waals surface area contributed by atoms with Gasteiger partial charge in [-0.1, -0.05) is 18.2 Å². The van der Waals surface area contributed by atoms with Gasteiger partial charge in [-0.15, -0.1) is 0 Å². The number of benzene rings is 1. The average Bonchev–Trinajstić information content (AvgIpc) is 2.47. The maximum atomic E-state index is 11.7. The van der Waals surface area contributed by atoms with Crippen molar-refractivity contribution >= 4 is 5.91 Å². The molecular weight excluding hydrogens is 256 g/mol. The van der Waals surface area contributed by atoms with E-state index in [1.807, 2.05) is 12.1 Å². The van der Waals surface area contributed by atoms with Gasteiger partial charge in [-0.05, 0) is 18.1 Å². The summed E-state index contributed by atoms with van der Waals surface area (Å²) in [7, 11) is 0. The molecule has 0 aliphatic carbocycles. The highest BCUT2D eigenvalue weighted by Crippen LogP contribution is 2.16. The molecule has 1 fully saturated rings. The zero-order chi connectivity index (χ0) is 14.2. The number of rotatable bonds is 6. The molecule has 5 nitrogen and oxygen atoms in total. The van der Waals surface area contributed by atoms with Crippen LogP contribution >= 0.6 is 0 Å². The Morgan fingerprint density at radius 2 is 2.05 bits per heavy atom. The topological polar surface area (TPSA) is 61.8 Å². The van der Waals surface area contributed by atoms with Gasteiger partial charge in [-0.2, -0.15) is 0 Å². The van der Waals surface area contributed by atoms with Crippen LogP contribution in [0.4, 0.5) is 0 Å². The van der Waals surface area contributed by atoms with Crippen molar-refractivity contribution < 1.29 is 14.6 Å². The number of para-hydroxylation sites is 1. The van der Waals surface area contributed by atoms with Gasteiger partial charge in [0.1, 0.15) is 5.75 Å². The molecule has 1 heterocycles. The number of carbonyl (C=O) groups is 1.